The van der Waals surface area contributed by atoms with Crippen molar-refractivity contribution in [1.29, 1.82) is 5.26 Å². The molecule has 1 N–H and O–H groups in total. The Kier molecular flexibility index (Phi) is 6.13. The van der Waals surface area contributed by atoms with Crippen LogP contribution in [0, 0.1) is 18.3 Å². The van der Waals surface area contributed by atoms with E-state index in [-0.39, 0.29) is 12.6 Å². The largest absolute Gasteiger partial charge is 0.459 e. The van der Waals surface area contributed by atoms with Crippen molar-refractivity contribution < 1.29 is 14.3 Å². The van der Waals surface area contributed by atoms with Gasteiger partial charge in [-0.2, -0.15) is 5.26 Å². The van der Waals surface area contributed by atoms with Crippen LogP contribution in [0.25, 0.3) is 10.2 Å². The van der Waals surface area contributed by atoms with E-state index < -0.39 is 17.4 Å². The highest BCUT2D eigenvalue weighted by Crippen LogP contribution is 2.37. The van der Waals surface area contributed by atoms with Crippen molar-refractivity contribution in [1.82, 2.24) is 9.55 Å². The van der Waals surface area contributed by atoms with Gasteiger partial charge in [-0.05, 0) is 57.6 Å². The van der Waals surface area contributed by atoms with E-state index in [0.29, 0.717) is 31.2 Å². The summed E-state index contributed by atoms with van der Waals surface area (Å²) in [5.74, 6) is -0.898. The number of anilines is 1. The highest BCUT2D eigenvalue weighted by molar-refractivity contribution is 7.20. The van der Waals surface area contributed by atoms with Crippen molar-refractivity contribution in [3.63, 3.8) is 0 Å². The number of nitriles is 1. The molecule has 32 heavy (non-hydrogen) atoms. The topological polar surface area (TPSA) is 114 Å². The van der Waals surface area contributed by atoms with Crippen molar-refractivity contribution in [2.45, 2.75) is 59.1 Å². The van der Waals surface area contributed by atoms with E-state index in [1.807, 2.05) is 0 Å². The Morgan fingerprint density at radius 1 is 1.31 bits per heavy atom. The lowest BCUT2D eigenvalue weighted by Gasteiger charge is -2.09. The fraction of sp³-hybridized carbons (Fsp3) is 0.409. The molecule has 8 nitrogen and oxygen atoms in total. The van der Waals surface area contributed by atoms with Crippen LogP contribution in [-0.4, -0.2) is 27.5 Å². The highest BCUT2D eigenvalue weighted by Gasteiger charge is 2.24. The number of aryl methyl sites for hydroxylation is 2. The SMILES string of the molecule is Cc1c(C(=O)OC(C)C)sc2ncn(CC(=O)Nc3sc4c(c3C#N)CCCC4)c(=O)c12. The van der Waals surface area contributed by atoms with Gasteiger partial charge in [0.25, 0.3) is 5.56 Å². The minimum absolute atomic E-state index is 0.240. The second kappa shape index (κ2) is 8.84. The number of aromatic nitrogens is 2. The van der Waals surface area contributed by atoms with Crippen LogP contribution in [0.15, 0.2) is 11.1 Å². The second-order valence-corrected chi connectivity index (χ2v) is 10.0. The number of ether oxygens (including phenoxy) is 1. The van der Waals surface area contributed by atoms with Gasteiger partial charge in [-0.1, -0.05) is 0 Å². The average molecular weight is 471 g/mol. The van der Waals surface area contributed by atoms with Crippen molar-refractivity contribution >= 4 is 49.8 Å². The Balaban J connectivity index is 1.59. The molecule has 0 fully saturated rings. The van der Waals surface area contributed by atoms with E-state index in [1.165, 1.54) is 22.2 Å². The Morgan fingerprint density at radius 3 is 2.78 bits per heavy atom. The number of fused-ring (bicyclic) bond motifs is 2. The maximum atomic E-state index is 13.0. The number of hydrogen-bond acceptors (Lipinski definition) is 8. The third kappa shape index (κ3) is 4.06. The number of carbonyl (C=O) groups excluding carboxylic acids is 2. The van der Waals surface area contributed by atoms with E-state index in [1.54, 1.807) is 20.8 Å². The summed E-state index contributed by atoms with van der Waals surface area (Å²) in [4.78, 5) is 44.2. The van der Waals surface area contributed by atoms with E-state index in [2.05, 4.69) is 16.4 Å². The third-order valence-corrected chi connectivity index (χ3v) is 7.68. The molecule has 1 aliphatic rings. The van der Waals surface area contributed by atoms with Gasteiger partial charge in [-0.3, -0.25) is 14.2 Å². The number of carbonyl (C=O) groups is 2. The summed E-state index contributed by atoms with van der Waals surface area (Å²) < 4.78 is 6.47. The first-order valence-electron chi connectivity index (χ1n) is 10.3. The Morgan fingerprint density at radius 2 is 2.06 bits per heavy atom. The molecule has 10 heteroatoms. The molecule has 0 aromatic carbocycles. The van der Waals surface area contributed by atoms with Gasteiger partial charge in [-0.25, -0.2) is 9.78 Å². The van der Waals surface area contributed by atoms with Gasteiger partial charge in [0.15, 0.2) is 0 Å². The molecule has 0 atom stereocenters. The molecule has 166 valence electrons. The second-order valence-electron chi connectivity index (χ2n) is 7.94. The van der Waals surface area contributed by atoms with Crippen molar-refractivity contribution in [2.24, 2.45) is 0 Å². The van der Waals surface area contributed by atoms with Gasteiger partial charge in [0.05, 0.1) is 23.4 Å². The van der Waals surface area contributed by atoms with Crippen LogP contribution in [0.1, 0.15) is 57.9 Å². The zero-order chi connectivity index (χ0) is 23.0. The first kappa shape index (κ1) is 22.2. The minimum Gasteiger partial charge on any atom is -0.459 e. The summed E-state index contributed by atoms with van der Waals surface area (Å²) >= 11 is 2.54. The maximum Gasteiger partial charge on any atom is 0.348 e. The molecule has 4 rings (SSSR count). The average Bonchev–Trinajstić information content (AvgIpc) is 3.26. The highest BCUT2D eigenvalue weighted by atomic mass is 32.1. The first-order valence-corrected chi connectivity index (χ1v) is 12.0. The molecule has 0 bridgehead atoms. The number of esters is 1. The molecule has 0 radical (unpaired) electrons. The molecule has 1 aliphatic carbocycles. The van der Waals surface area contributed by atoms with Gasteiger partial charge in [0, 0.05) is 4.88 Å². The standard InChI is InChI=1S/C22H22N4O4S2/c1-11(2)30-22(29)18-12(3)17-20(32-18)24-10-26(21(17)28)9-16(27)25-19-14(8-23)13-6-4-5-7-15(13)31-19/h10-11H,4-7,9H2,1-3H3,(H,25,27). The lowest BCUT2D eigenvalue weighted by atomic mass is 9.96. The van der Waals surface area contributed by atoms with Crippen LogP contribution in [0.2, 0.25) is 0 Å². The molecule has 0 spiro atoms. The quantitative estimate of drug-likeness (QED) is 0.568. The van der Waals surface area contributed by atoms with Crippen LogP contribution >= 0.6 is 22.7 Å². The number of nitrogens with one attached hydrogen (secondary N) is 1. The van der Waals surface area contributed by atoms with Crippen LogP contribution in [0.4, 0.5) is 5.00 Å². The predicted molar refractivity (Wildman–Crippen MR) is 123 cm³/mol. The van der Waals surface area contributed by atoms with Gasteiger partial charge in [0.2, 0.25) is 5.91 Å². The predicted octanol–water partition coefficient (Wildman–Crippen LogP) is 3.78. The number of thiophene rings is 2. The summed E-state index contributed by atoms with van der Waals surface area (Å²) in [6.45, 7) is 4.95. The lowest BCUT2D eigenvalue weighted by Crippen LogP contribution is -2.27. The van der Waals surface area contributed by atoms with Gasteiger partial charge in [-0.15, -0.1) is 22.7 Å². The van der Waals surface area contributed by atoms with Crippen molar-refractivity contribution in [3.05, 3.63) is 43.1 Å². The molecule has 0 saturated heterocycles. The molecule has 1 amide bonds. The molecular weight excluding hydrogens is 448 g/mol. The number of hydrogen-bond donors (Lipinski definition) is 1. The molecule has 0 saturated carbocycles. The van der Waals surface area contributed by atoms with E-state index >= 15 is 0 Å². The van der Waals surface area contributed by atoms with Gasteiger partial charge in [0.1, 0.15) is 27.3 Å². The fourth-order valence-electron chi connectivity index (χ4n) is 3.83. The Labute approximate surface area is 192 Å². The summed E-state index contributed by atoms with van der Waals surface area (Å²) in [6.07, 6.45) is 4.93. The first-order chi connectivity index (χ1) is 15.3. The molecule has 3 aromatic heterocycles. The molecule has 3 aromatic rings. The molecule has 3 heterocycles. The van der Waals surface area contributed by atoms with Crippen LogP contribution in [-0.2, 0) is 28.9 Å². The smallest absolute Gasteiger partial charge is 0.348 e. The normalized spacial score (nSPS) is 13.1. The number of rotatable bonds is 5. The monoisotopic (exact) mass is 470 g/mol. The zero-order valence-corrected chi connectivity index (χ0v) is 19.6. The minimum atomic E-state index is -0.491. The van der Waals surface area contributed by atoms with Gasteiger partial charge < -0.3 is 10.1 Å². The summed E-state index contributed by atoms with van der Waals surface area (Å²) in [7, 11) is 0. The van der Waals surface area contributed by atoms with Crippen LogP contribution in [0.5, 0.6) is 0 Å². The van der Waals surface area contributed by atoms with E-state index in [0.717, 1.165) is 47.5 Å². The summed E-state index contributed by atoms with van der Waals surface area (Å²) in [5, 5.41) is 13.2. The summed E-state index contributed by atoms with van der Waals surface area (Å²) in [5.41, 5.74) is 1.67. The Bertz CT molecular complexity index is 1330. The number of amides is 1. The summed E-state index contributed by atoms with van der Waals surface area (Å²) in [6, 6.07) is 2.22. The molecule has 0 aliphatic heterocycles. The van der Waals surface area contributed by atoms with E-state index in [4.69, 9.17) is 4.74 Å². The van der Waals surface area contributed by atoms with Crippen molar-refractivity contribution in [3.8, 4) is 6.07 Å². The fourth-order valence-corrected chi connectivity index (χ4v) is 6.11. The van der Waals surface area contributed by atoms with Crippen molar-refractivity contribution in [2.75, 3.05) is 5.32 Å². The van der Waals surface area contributed by atoms with Gasteiger partial charge >= 0.3 is 5.97 Å². The molecule has 0 unspecified atom stereocenters. The number of nitrogens with zero attached hydrogens (tertiary/aromatic N) is 3. The van der Waals surface area contributed by atoms with Crippen LogP contribution < -0.4 is 10.9 Å². The Hall–Kier alpha value is -3.03. The third-order valence-electron chi connectivity index (χ3n) is 5.30. The maximum absolute atomic E-state index is 13.0. The van der Waals surface area contributed by atoms with Crippen LogP contribution in [0.3, 0.4) is 0 Å². The van der Waals surface area contributed by atoms with E-state index in [9.17, 15) is 19.6 Å². The zero-order valence-electron chi connectivity index (χ0n) is 18.0. The lowest BCUT2D eigenvalue weighted by molar-refractivity contribution is -0.116. The molecular formula is C22H22N4O4S2.